The molecule has 0 bridgehead atoms. The van der Waals surface area contributed by atoms with Crippen molar-refractivity contribution in [3.63, 3.8) is 0 Å². The van der Waals surface area contributed by atoms with Crippen molar-refractivity contribution in [1.29, 1.82) is 5.26 Å². The Morgan fingerprint density at radius 1 is 1.22 bits per heavy atom. The Balaban J connectivity index is 1.53. The highest BCUT2D eigenvalue weighted by molar-refractivity contribution is 8.15. The van der Waals surface area contributed by atoms with E-state index >= 15 is 0 Å². The molecular weight excluding hydrogens is 494 g/mol. The van der Waals surface area contributed by atoms with Crippen LogP contribution in [0.3, 0.4) is 0 Å². The zero-order chi connectivity index (χ0) is 27.0. The summed E-state index contributed by atoms with van der Waals surface area (Å²) in [5.74, 6) is -1.86. The van der Waals surface area contributed by atoms with Gasteiger partial charge in [0.2, 0.25) is 5.91 Å². The lowest BCUT2D eigenvalue weighted by molar-refractivity contribution is -0.138. The van der Waals surface area contributed by atoms with E-state index in [0.717, 1.165) is 32.4 Å². The summed E-state index contributed by atoms with van der Waals surface area (Å²) in [4.78, 5) is 57.5. The van der Waals surface area contributed by atoms with Gasteiger partial charge in [0.1, 0.15) is 10.8 Å². The normalized spacial score (nSPS) is 18.4. The first-order valence-electron chi connectivity index (χ1n) is 12.5. The van der Waals surface area contributed by atoms with Gasteiger partial charge in [-0.25, -0.2) is 4.79 Å². The van der Waals surface area contributed by atoms with Gasteiger partial charge in [-0.2, -0.15) is 10.3 Å². The molecule has 0 saturated heterocycles. The minimum atomic E-state index is -0.859. The molecule has 1 saturated carbocycles. The Bertz CT molecular complexity index is 1100. The molecule has 198 valence electrons. The highest BCUT2D eigenvalue weighted by Crippen LogP contribution is 2.32. The number of likely N-dealkylation sites (N-methyl/N-ethyl adjacent to an activating group) is 1. The van der Waals surface area contributed by atoms with Crippen LogP contribution >= 0.6 is 11.8 Å². The molecule has 0 aromatic heterocycles. The monoisotopic (exact) mass is 527 g/mol. The second-order valence-electron chi connectivity index (χ2n) is 9.08. The van der Waals surface area contributed by atoms with E-state index in [-0.39, 0.29) is 23.8 Å². The number of hydrogen-bond acceptors (Lipinski definition) is 8. The van der Waals surface area contributed by atoms with Crippen LogP contribution in [0.15, 0.2) is 29.3 Å². The topological polar surface area (TPSA) is 132 Å². The lowest BCUT2D eigenvalue weighted by atomic mass is 9.81. The van der Waals surface area contributed by atoms with Crippen LogP contribution < -0.4 is 5.32 Å². The Morgan fingerprint density at radius 3 is 2.57 bits per heavy atom. The SMILES string of the molecule is CCN(CC)C1=NC(=O)[C@@H](CC(=O)Nc2cccc(C(=O)OCC(=O)N(C)C3(C#N)CCCCC3)c2)S1. The minimum absolute atomic E-state index is 0.0477. The zero-order valence-corrected chi connectivity index (χ0v) is 22.3. The van der Waals surface area contributed by atoms with Crippen LogP contribution in [0.5, 0.6) is 0 Å². The third-order valence-electron chi connectivity index (χ3n) is 6.75. The van der Waals surface area contributed by atoms with Crippen molar-refractivity contribution < 1.29 is 23.9 Å². The maximum Gasteiger partial charge on any atom is 0.338 e. The summed E-state index contributed by atoms with van der Waals surface area (Å²) in [5, 5.41) is 12.4. The van der Waals surface area contributed by atoms with Gasteiger partial charge in [-0.1, -0.05) is 37.1 Å². The number of nitrogens with one attached hydrogen (secondary N) is 1. The van der Waals surface area contributed by atoms with Crippen molar-refractivity contribution in [2.24, 2.45) is 4.99 Å². The molecule has 37 heavy (non-hydrogen) atoms. The van der Waals surface area contributed by atoms with Gasteiger partial charge in [-0.3, -0.25) is 14.4 Å². The van der Waals surface area contributed by atoms with E-state index in [9.17, 15) is 24.4 Å². The van der Waals surface area contributed by atoms with Crippen molar-refractivity contribution in [2.45, 2.75) is 63.2 Å². The standard InChI is InChI=1S/C26H33N5O5S/c1-4-31(5-2)25-29-23(34)20(37-25)15-21(32)28-19-11-9-10-18(14-19)24(35)36-16-22(33)30(3)26(17-27)12-7-6-8-13-26/h9-11,14,20H,4-8,12-13,15-16H2,1-3H3,(H,28,32)/t20-/m1/s1. The Hall–Kier alpha value is -3.39. The summed E-state index contributed by atoms with van der Waals surface area (Å²) in [6.45, 7) is 4.91. The summed E-state index contributed by atoms with van der Waals surface area (Å²) in [7, 11) is 1.57. The molecule has 1 fully saturated rings. The highest BCUT2D eigenvalue weighted by Gasteiger charge is 2.39. The minimum Gasteiger partial charge on any atom is -0.452 e. The highest BCUT2D eigenvalue weighted by atomic mass is 32.2. The Kier molecular flexibility index (Phi) is 9.69. The van der Waals surface area contributed by atoms with Crippen molar-refractivity contribution in [3.05, 3.63) is 29.8 Å². The van der Waals surface area contributed by atoms with Crippen molar-refractivity contribution in [1.82, 2.24) is 9.80 Å². The second kappa shape index (κ2) is 12.7. The lowest BCUT2D eigenvalue weighted by Gasteiger charge is -2.38. The van der Waals surface area contributed by atoms with Crippen LogP contribution in [-0.2, 0) is 19.1 Å². The molecule has 1 aliphatic carbocycles. The van der Waals surface area contributed by atoms with Gasteiger partial charge >= 0.3 is 5.97 Å². The molecule has 1 atom stereocenters. The molecule has 1 aliphatic heterocycles. The zero-order valence-electron chi connectivity index (χ0n) is 21.5. The number of esters is 1. The number of anilines is 1. The molecule has 3 amide bonds. The maximum atomic E-state index is 12.6. The van der Waals surface area contributed by atoms with Crippen LogP contribution in [0.25, 0.3) is 0 Å². The summed E-state index contributed by atoms with van der Waals surface area (Å²) in [6.07, 6.45) is 3.95. The van der Waals surface area contributed by atoms with Crippen LogP contribution in [0.2, 0.25) is 0 Å². The van der Waals surface area contributed by atoms with Crippen molar-refractivity contribution in [3.8, 4) is 6.07 Å². The van der Waals surface area contributed by atoms with E-state index in [1.54, 1.807) is 19.2 Å². The van der Waals surface area contributed by atoms with Gasteiger partial charge in [-0.05, 0) is 44.9 Å². The predicted octanol–water partition coefficient (Wildman–Crippen LogP) is 3.20. The van der Waals surface area contributed by atoms with Crippen LogP contribution in [0.4, 0.5) is 5.69 Å². The van der Waals surface area contributed by atoms with Gasteiger partial charge in [0.05, 0.1) is 11.6 Å². The first kappa shape index (κ1) is 28.2. The van der Waals surface area contributed by atoms with Crippen molar-refractivity contribution >= 4 is 46.3 Å². The van der Waals surface area contributed by atoms with E-state index < -0.39 is 29.3 Å². The number of nitriles is 1. The van der Waals surface area contributed by atoms with E-state index in [2.05, 4.69) is 16.4 Å². The molecule has 1 heterocycles. The summed E-state index contributed by atoms with van der Waals surface area (Å²) in [6, 6.07) is 8.46. The molecule has 0 radical (unpaired) electrons. The quantitative estimate of drug-likeness (QED) is 0.484. The first-order chi connectivity index (χ1) is 17.7. The largest absolute Gasteiger partial charge is 0.452 e. The van der Waals surface area contributed by atoms with E-state index in [4.69, 9.17) is 4.74 Å². The van der Waals surface area contributed by atoms with Gasteiger partial charge in [0.15, 0.2) is 11.8 Å². The fourth-order valence-electron chi connectivity index (χ4n) is 4.45. The maximum absolute atomic E-state index is 12.6. The molecule has 10 nitrogen and oxygen atoms in total. The fraction of sp³-hybridized carbons (Fsp3) is 0.538. The number of ether oxygens (including phenoxy) is 1. The number of thioether (sulfide) groups is 1. The summed E-state index contributed by atoms with van der Waals surface area (Å²) in [5.41, 5.74) is -0.324. The van der Waals surface area contributed by atoms with Gasteiger partial charge in [0.25, 0.3) is 11.8 Å². The lowest BCUT2D eigenvalue weighted by Crippen LogP contribution is -2.51. The Labute approximate surface area is 221 Å². The molecule has 1 N–H and O–H groups in total. The predicted molar refractivity (Wildman–Crippen MR) is 141 cm³/mol. The molecular formula is C26H33N5O5S. The molecule has 1 aromatic rings. The van der Waals surface area contributed by atoms with E-state index in [0.29, 0.717) is 23.7 Å². The average Bonchev–Trinajstić information content (AvgIpc) is 3.26. The molecule has 3 rings (SSSR count). The molecule has 0 unspecified atom stereocenters. The Morgan fingerprint density at radius 2 is 1.92 bits per heavy atom. The number of hydrogen-bond donors (Lipinski definition) is 1. The number of carbonyl (C=O) groups is 4. The van der Waals surface area contributed by atoms with Crippen LogP contribution in [-0.4, -0.2) is 76.2 Å². The number of amides is 3. The number of carbonyl (C=O) groups excluding carboxylic acids is 4. The fourth-order valence-corrected chi connectivity index (χ4v) is 5.64. The third kappa shape index (κ3) is 6.89. The number of aliphatic imine (C=N–C) groups is 1. The number of benzene rings is 1. The second-order valence-corrected chi connectivity index (χ2v) is 10.2. The molecule has 0 spiro atoms. The van der Waals surface area contributed by atoms with Crippen LogP contribution in [0.1, 0.15) is 62.7 Å². The molecule has 2 aliphatic rings. The van der Waals surface area contributed by atoms with Crippen LogP contribution in [0, 0.1) is 11.3 Å². The van der Waals surface area contributed by atoms with Crippen molar-refractivity contribution in [2.75, 3.05) is 32.1 Å². The molecule has 1 aromatic carbocycles. The first-order valence-corrected chi connectivity index (χ1v) is 13.4. The summed E-state index contributed by atoms with van der Waals surface area (Å²) >= 11 is 1.28. The summed E-state index contributed by atoms with van der Waals surface area (Å²) < 4.78 is 5.21. The van der Waals surface area contributed by atoms with Gasteiger partial charge in [-0.15, -0.1) is 0 Å². The smallest absolute Gasteiger partial charge is 0.338 e. The average molecular weight is 528 g/mol. The van der Waals surface area contributed by atoms with Gasteiger partial charge < -0.3 is 19.9 Å². The number of rotatable bonds is 9. The van der Waals surface area contributed by atoms with Gasteiger partial charge in [0, 0.05) is 32.2 Å². The number of nitrogens with zero attached hydrogens (tertiary/aromatic N) is 4. The number of amidine groups is 1. The van der Waals surface area contributed by atoms with E-state index in [1.165, 1.54) is 28.8 Å². The molecule has 11 heteroatoms. The van der Waals surface area contributed by atoms with E-state index in [1.807, 2.05) is 18.7 Å². The third-order valence-corrected chi connectivity index (χ3v) is 7.96.